The molecule has 6 nitrogen and oxygen atoms in total. The molecule has 0 radical (unpaired) electrons. The fourth-order valence-electron chi connectivity index (χ4n) is 1.99. The van der Waals surface area contributed by atoms with Gasteiger partial charge in [-0.3, -0.25) is 9.46 Å². The molecule has 1 aliphatic rings. The Hall–Kier alpha value is -1.36. The lowest BCUT2D eigenvalue weighted by Crippen LogP contribution is -2.24. The van der Waals surface area contributed by atoms with Gasteiger partial charge in [0.15, 0.2) is 0 Å². The van der Waals surface area contributed by atoms with Crippen LogP contribution < -0.4 is 4.90 Å². The molecule has 1 amide bonds. The number of cyclic esters (lactones) is 1. The van der Waals surface area contributed by atoms with E-state index in [9.17, 15) is 9.36 Å². The van der Waals surface area contributed by atoms with Crippen molar-refractivity contribution in [1.29, 1.82) is 0 Å². The van der Waals surface area contributed by atoms with Gasteiger partial charge in [0.2, 0.25) is 5.85 Å². The highest BCUT2D eigenvalue weighted by molar-refractivity contribution is 7.54. The largest absolute Gasteiger partial charge is 0.431 e. The lowest BCUT2D eigenvalue weighted by atomic mass is 10.3. The highest BCUT2D eigenvalue weighted by Gasteiger charge is 2.46. The zero-order chi connectivity index (χ0) is 14.6. The number of hydrogen-bond donors (Lipinski definition) is 0. The highest BCUT2D eigenvalue weighted by Crippen LogP contribution is 2.55. The average Bonchev–Trinajstić information content (AvgIpc) is 2.83. The SMILES string of the molecule is CCOP(=O)(OCC)C1CN(c2ccccc2)C(=O)O1. The normalized spacial score (nSPS) is 19.2. The molecular formula is C13H18NO5P. The fraction of sp³-hybridized carbons (Fsp3) is 0.462. The second kappa shape index (κ2) is 6.39. The summed E-state index contributed by atoms with van der Waals surface area (Å²) >= 11 is 0. The number of carbonyl (C=O) groups is 1. The van der Waals surface area contributed by atoms with Crippen LogP contribution in [-0.4, -0.2) is 31.7 Å². The van der Waals surface area contributed by atoms with Crippen molar-refractivity contribution in [1.82, 2.24) is 0 Å². The molecule has 1 fully saturated rings. The Balaban J connectivity index is 2.17. The van der Waals surface area contributed by atoms with Crippen molar-refractivity contribution < 1.29 is 23.1 Å². The van der Waals surface area contributed by atoms with Crippen LogP contribution in [0.4, 0.5) is 10.5 Å². The zero-order valence-electron chi connectivity index (χ0n) is 11.5. The maximum Gasteiger partial charge on any atom is 0.415 e. The van der Waals surface area contributed by atoms with E-state index in [2.05, 4.69) is 0 Å². The van der Waals surface area contributed by atoms with E-state index < -0.39 is 19.5 Å². The lowest BCUT2D eigenvalue weighted by molar-refractivity contribution is 0.135. The van der Waals surface area contributed by atoms with E-state index in [1.54, 1.807) is 26.0 Å². The first-order valence-corrected chi connectivity index (χ1v) is 8.14. The Morgan fingerprint density at radius 3 is 2.40 bits per heavy atom. The van der Waals surface area contributed by atoms with Crippen molar-refractivity contribution in [3.8, 4) is 0 Å². The van der Waals surface area contributed by atoms with Crippen LogP contribution in [0.1, 0.15) is 13.8 Å². The topological polar surface area (TPSA) is 65.1 Å². The summed E-state index contributed by atoms with van der Waals surface area (Å²) in [7, 11) is -3.45. The van der Waals surface area contributed by atoms with Gasteiger partial charge >= 0.3 is 13.7 Å². The summed E-state index contributed by atoms with van der Waals surface area (Å²) in [5, 5.41) is 0. The Morgan fingerprint density at radius 1 is 1.25 bits per heavy atom. The number of ether oxygens (including phenoxy) is 1. The highest BCUT2D eigenvalue weighted by atomic mass is 31.2. The number of hydrogen-bond acceptors (Lipinski definition) is 5. The van der Waals surface area contributed by atoms with Crippen molar-refractivity contribution in [2.75, 3.05) is 24.7 Å². The lowest BCUT2D eigenvalue weighted by Gasteiger charge is -2.21. The van der Waals surface area contributed by atoms with Crippen LogP contribution in [-0.2, 0) is 18.3 Å². The number of amides is 1. The third kappa shape index (κ3) is 3.03. The summed E-state index contributed by atoms with van der Waals surface area (Å²) in [6.45, 7) is 4.06. The Bertz CT molecular complexity index is 497. The number of para-hydroxylation sites is 1. The van der Waals surface area contributed by atoms with Crippen molar-refractivity contribution in [3.05, 3.63) is 30.3 Å². The van der Waals surface area contributed by atoms with E-state index in [-0.39, 0.29) is 19.8 Å². The molecular weight excluding hydrogens is 281 g/mol. The number of rotatable bonds is 6. The Kier molecular flexibility index (Phi) is 4.81. The third-order valence-corrected chi connectivity index (χ3v) is 5.04. The molecule has 1 unspecified atom stereocenters. The molecule has 0 aromatic heterocycles. The van der Waals surface area contributed by atoms with E-state index in [1.807, 2.05) is 18.2 Å². The average molecular weight is 299 g/mol. The van der Waals surface area contributed by atoms with Gasteiger partial charge < -0.3 is 13.8 Å². The molecule has 0 bridgehead atoms. The molecule has 1 atom stereocenters. The summed E-state index contributed by atoms with van der Waals surface area (Å²) in [5.74, 6) is -0.893. The first-order chi connectivity index (χ1) is 9.60. The monoisotopic (exact) mass is 299 g/mol. The van der Waals surface area contributed by atoms with Gasteiger partial charge in [0.1, 0.15) is 0 Å². The van der Waals surface area contributed by atoms with E-state index in [0.717, 1.165) is 0 Å². The number of nitrogens with zero attached hydrogens (tertiary/aromatic N) is 1. The first kappa shape index (κ1) is 15.0. The number of benzene rings is 1. The molecule has 0 N–H and O–H groups in total. The molecule has 0 spiro atoms. The molecule has 1 saturated heterocycles. The summed E-state index contributed by atoms with van der Waals surface area (Å²) in [6, 6.07) is 9.07. The predicted molar refractivity (Wildman–Crippen MR) is 74.9 cm³/mol. The second-order valence-corrected chi connectivity index (χ2v) is 6.33. The Labute approximate surface area is 118 Å². The van der Waals surface area contributed by atoms with Gasteiger partial charge in [-0.25, -0.2) is 4.79 Å². The molecule has 7 heteroatoms. The van der Waals surface area contributed by atoms with Crippen LogP contribution in [0, 0.1) is 0 Å². The molecule has 110 valence electrons. The molecule has 1 aromatic carbocycles. The quantitative estimate of drug-likeness (QED) is 0.754. The van der Waals surface area contributed by atoms with Crippen LogP contribution >= 0.6 is 7.60 Å². The van der Waals surface area contributed by atoms with Gasteiger partial charge in [-0.1, -0.05) is 18.2 Å². The summed E-state index contributed by atoms with van der Waals surface area (Å²) < 4.78 is 28.2. The van der Waals surface area contributed by atoms with Gasteiger partial charge in [0, 0.05) is 5.69 Å². The van der Waals surface area contributed by atoms with Gasteiger partial charge in [-0.2, -0.15) is 0 Å². The Morgan fingerprint density at radius 2 is 1.85 bits per heavy atom. The van der Waals surface area contributed by atoms with Crippen molar-refractivity contribution in [2.24, 2.45) is 0 Å². The van der Waals surface area contributed by atoms with E-state index in [0.29, 0.717) is 5.69 Å². The van der Waals surface area contributed by atoms with Gasteiger partial charge in [0.25, 0.3) is 0 Å². The zero-order valence-corrected chi connectivity index (χ0v) is 12.4. The molecule has 1 aliphatic heterocycles. The molecule has 0 aliphatic carbocycles. The standard InChI is InChI=1S/C13H18NO5P/c1-3-17-20(16,18-4-2)12-10-14(13(15)19-12)11-8-6-5-7-9-11/h5-9,12H,3-4,10H2,1-2H3. The maximum absolute atomic E-state index is 12.6. The predicted octanol–water partition coefficient (Wildman–Crippen LogP) is 3.24. The van der Waals surface area contributed by atoms with Crippen molar-refractivity contribution in [3.63, 3.8) is 0 Å². The van der Waals surface area contributed by atoms with Crippen molar-refractivity contribution in [2.45, 2.75) is 19.7 Å². The second-order valence-electron chi connectivity index (χ2n) is 4.16. The molecule has 0 saturated carbocycles. The number of carbonyl (C=O) groups excluding carboxylic acids is 1. The first-order valence-electron chi connectivity index (χ1n) is 6.52. The van der Waals surface area contributed by atoms with E-state index in [1.165, 1.54) is 4.90 Å². The molecule has 2 rings (SSSR count). The van der Waals surface area contributed by atoms with Crippen LogP contribution in [0.2, 0.25) is 0 Å². The summed E-state index contributed by atoms with van der Waals surface area (Å²) in [6.07, 6.45) is -0.541. The van der Waals surface area contributed by atoms with Gasteiger partial charge in [-0.05, 0) is 26.0 Å². The smallest absolute Gasteiger partial charge is 0.415 e. The minimum Gasteiger partial charge on any atom is -0.431 e. The van der Waals surface area contributed by atoms with Crippen LogP contribution in [0.25, 0.3) is 0 Å². The fourth-order valence-corrected chi connectivity index (χ4v) is 3.70. The minimum absolute atomic E-state index is 0.153. The third-order valence-electron chi connectivity index (χ3n) is 2.83. The van der Waals surface area contributed by atoms with E-state index >= 15 is 0 Å². The molecule has 1 heterocycles. The summed E-state index contributed by atoms with van der Waals surface area (Å²) in [4.78, 5) is 13.3. The molecule has 20 heavy (non-hydrogen) atoms. The van der Waals surface area contributed by atoms with E-state index in [4.69, 9.17) is 13.8 Å². The maximum atomic E-state index is 12.6. The summed E-state index contributed by atoms with van der Waals surface area (Å²) in [5.41, 5.74) is 0.694. The number of anilines is 1. The van der Waals surface area contributed by atoms with Crippen molar-refractivity contribution >= 4 is 19.4 Å². The molecule has 1 aromatic rings. The van der Waals surface area contributed by atoms with Crippen LogP contribution in [0.15, 0.2) is 30.3 Å². The van der Waals surface area contributed by atoms with Crippen LogP contribution in [0.3, 0.4) is 0 Å². The van der Waals surface area contributed by atoms with Gasteiger partial charge in [0.05, 0.1) is 19.8 Å². The van der Waals surface area contributed by atoms with Crippen LogP contribution in [0.5, 0.6) is 0 Å². The van der Waals surface area contributed by atoms with Gasteiger partial charge in [-0.15, -0.1) is 0 Å². The minimum atomic E-state index is -3.45.